The van der Waals surface area contributed by atoms with E-state index in [0.717, 1.165) is 0 Å². The van der Waals surface area contributed by atoms with E-state index >= 15 is 0 Å². The maximum atomic E-state index is 12.5. The fraction of sp³-hybridized carbons (Fsp3) is 0.812. The number of carbonyl (C=O) groups is 3. The van der Waals surface area contributed by atoms with Crippen LogP contribution < -0.4 is 16.4 Å². The second-order valence-corrected chi connectivity index (χ2v) is 8.06. The quantitative estimate of drug-likeness (QED) is 0.578. The molecule has 0 unspecified atom stereocenters. The van der Waals surface area contributed by atoms with Gasteiger partial charge < -0.3 is 21.1 Å². The van der Waals surface area contributed by atoms with Crippen molar-refractivity contribution in [3.63, 3.8) is 0 Å². The Bertz CT molecular complexity index is 436. The second kappa shape index (κ2) is 10.4. The van der Waals surface area contributed by atoms with E-state index in [1.165, 1.54) is 0 Å². The van der Waals surface area contributed by atoms with E-state index < -0.39 is 35.6 Å². The number of hydrogen-bond acceptors (Lipinski definition) is 5. The third-order valence-electron chi connectivity index (χ3n) is 2.99. The van der Waals surface area contributed by atoms with E-state index in [2.05, 4.69) is 10.6 Å². The van der Waals surface area contributed by atoms with Crippen LogP contribution in [0, 0.1) is 5.92 Å². The number of ether oxygens (including phenoxy) is 1. The predicted molar refractivity (Wildman–Crippen MR) is 96.7 cm³/mol. The first-order valence-corrected chi connectivity index (χ1v) is 9.43. The van der Waals surface area contributed by atoms with Crippen LogP contribution in [0.1, 0.15) is 47.5 Å². The van der Waals surface area contributed by atoms with Crippen molar-refractivity contribution in [2.75, 3.05) is 12.0 Å². The molecule has 0 spiro atoms. The van der Waals surface area contributed by atoms with Crippen molar-refractivity contribution >= 4 is 29.7 Å². The Labute approximate surface area is 148 Å². The van der Waals surface area contributed by atoms with Crippen LogP contribution in [0.2, 0.25) is 0 Å². The topological polar surface area (TPSA) is 111 Å². The molecule has 0 aromatic carbocycles. The lowest BCUT2D eigenvalue weighted by Gasteiger charge is -2.25. The molecule has 0 saturated heterocycles. The Kier molecular flexibility index (Phi) is 9.80. The summed E-state index contributed by atoms with van der Waals surface area (Å²) in [6.45, 7) is 9.12. The summed E-state index contributed by atoms with van der Waals surface area (Å²) in [6.07, 6.45) is 2.12. The summed E-state index contributed by atoms with van der Waals surface area (Å²) in [5, 5.41) is 5.20. The molecule has 3 amide bonds. The number of amides is 3. The fourth-order valence-electron chi connectivity index (χ4n) is 1.95. The van der Waals surface area contributed by atoms with Gasteiger partial charge in [-0.2, -0.15) is 11.8 Å². The second-order valence-electron chi connectivity index (χ2n) is 7.07. The van der Waals surface area contributed by atoms with E-state index in [1.807, 2.05) is 20.1 Å². The molecule has 0 aliphatic carbocycles. The number of rotatable bonds is 9. The molecule has 24 heavy (non-hydrogen) atoms. The van der Waals surface area contributed by atoms with E-state index in [4.69, 9.17) is 10.5 Å². The molecule has 0 aromatic heterocycles. The molecule has 8 heteroatoms. The number of nitrogens with one attached hydrogen (secondary N) is 2. The summed E-state index contributed by atoms with van der Waals surface area (Å²) < 4.78 is 5.19. The highest BCUT2D eigenvalue weighted by atomic mass is 32.2. The van der Waals surface area contributed by atoms with Crippen LogP contribution >= 0.6 is 11.8 Å². The minimum Gasteiger partial charge on any atom is -0.444 e. The SMILES string of the molecule is CSCC[C@@H](NC(=O)[C@@H](CC(C)C)NC(=O)OC(C)(C)C)C(N)=O. The number of thioether (sulfide) groups is 1. The molecule has 0 aliphatic heterocycles. The molecule has 4 N–H and O–H groups in total. The Morgan fingerprint density at radius 2 is 1.71 bits per heavy atom. The summed E-state index contributed by atoms with van der Waals surface area (Å²) >= 11 is 1.56. The van der Waals surface area contributed by atoms with Crippen LogP contribution in [0.25, 0.3) is 0 Å². The predicted octanol–water partition coefficient (Wildman–Crippen LogP) is 1.65. The molecule has 0 aliphatic rings. The summed E-state index contributed by atoms with van der Waals surface area (Å²) in [6, 6.07) is -1.53. The first-order chi connectivity index (χ1) is 11.0. The van der Waals surface area contributed by atoms with Crippen LogP contribution in [-0.4, -0.2) is 47.6 Å². The van der Waals surface area contributed by atoms with E-state index in [1.54, 1.807) is 32.5 Å². The molecule has 0 heterocycles. The van der Waals surface area contributed by atoms with Crippen LogP contribution in [0.15, 0.2) is 0 Å². The minimum atomic E-state index is -0.782. The summed E-state index contributed by atoms with van der Waals surface area (Å²) in [4.78, 5) is 35.9. The molecule has 0 saturated carbocycles. The zero-order chi connectivity index (χ0) is 18.9. The Morgan fingerprint density at radius 1 is 1.12 bits per heavy atom. The molecule has 0 radical (unpaired) electrons. The summed E-state index contributed by atoms with van der Waals surface area (Å²) in [7, 11) is 0. The third-order valence-corrected chi connectivity index (χ3v) is 3.63. The average molecular weight is 362 g/mol. The average Bonchev–Trinajstić information content (AvgIpc) is 2.39. The third kappa shape index (κ3) is 10.4. The zero-order valence-electron chi connectivity index (χ0n) is 15.5. The summed E-state index contributed by atoms with van der Waals surface area (Å²) in [5.41, 5.74) is 4.68. The molecular formula is C16H31N3O4S. The van der Waals surface area contributed by atoms with Gasteiger partial charge in [0, 0.05) is 0 Å². The fourth-order valence-corrected chi connectivity index (χ4v) is 2.42. The van der Waals surface area contributed by atoms with Gasteiger partial charge in [-0.15, -0.1) is 0 Å². The van der Waals surface area contributed by atoms with Crippen molar-refractivity contribution in [2.45, 2.75) is 65.1 Å². The van der Waals surface area contributed by atoms with E-state index in [-0.39, 0.29) is 5.92 Å². The lowest BCUT2D eigenvalue weighted by molar-refractivity contribution is -0.128. The minimum absolute atomic E-state index is 0.175. The smallest absolute Gasteiger partial charge is 0.408 e. The van der Waals surface area contributed by atoms with Crippen LogP contribution in [0.5, 0.6) is 0 Å². The van der Waals surface area contributed by atoms with Crippen LogP contribution in [0.3, 0.4) is 0 Å². The van der Waals surface area contributed by atoms with Crippen molar-refractivity contribution in [1.29, 1.82) is 0 Å². The van der Waals surface area contributed by atoms with Crippen LogP contribution in [0.4, 0.5) is 4.79 Å². The molecule has 7 nitrogen and oxygen atoms in total. The molecule has 140 valence electrons. The number of primary amides is 1. The van der Waals surface area contributed by atoms with E-state index in [9.17, 15) is 14.4 Å². The zero-order valence-corrected chi connectivity index (χ0v) is 16.3. The van der Waals surface area contributed by atoms with Gasteiger partial charge in [0.25, 0.3) is 0 Å². The summed E-state index contributed by atoms with van der Waals surface area (Å²) in [5.74, 6) is -0.145. The van der Waals surface area contributed by atoms with Crippen molar-refractivity contribution in [3.05, 3.63) is 0 Å². The molecule has 0 aromatic rings. The van der Waals surface area contributed by atoms with Gasteiger partial charge in [0.15, 0.2) is 0 Å². The lowest BCUT2D eigenvalue weighted by Crippen LogP contribution is -2.54. The van der Waals surface area contributed by atoms with Crippen molar-refractivity contribution in [2.24, 2.45) is 11.7 Å². The normalized spacial score (nSPS) is 14.0. The maximum Gasteiger partial charge on any atom is 0.408 e. The molecule has 0 fully saturated rings. The van der Waals surface area contributed by atoms with Crippen molar-refractivity contribution < 1.29 is 19.1 Å². The number of hydrogen-bond donors (Lipinski definition) is 3. The van der Waals surface area contributed by atoms with Gasteiger partial charge in [-0.25, -0.2) is 4.79 Å². The number of nitrogens with two attached hydrogens (primary N) is 1. The standard InChI is InChI=1S/C16H31N3O4S/c1-10(2)9-12(19-15(22)23-16(3,4)5)14(21)18-11(13(17)20)7-8-24-6/h10-12H,7-9H2,1-6H3,(H2,17,20)(H,18,21)(H,19,22)/t11-,12-/m1/s1. The lowest BCUT2D eigenvalue weighted by atomic mass is 10.0. The Morgan fingerprint density at radius 3 is 2.12 bits per heavy atom. The van der Waals surface area contributed by atoms with Gasteiger partial charge in [0.2, 0.25) is 11.8 Å². The van der Waals surface area contributed by atoms with Gasteiger partial charge in [0.1, 0.15) is 17.7 Å². The highest BCUT2D eigenvalue weighted by Gasteiger charge is 2.27. The first-order valence-electron chi connectivity index (χ1n) is 8.04. The number of alkyl carbamates (subject to hydrolysis) is 1. The number of carbonyl (C=O) groups excluding carboxylic acids is 3. The maximum absolute atomic E-state index is 12.5. The van der Waals surface area contributed by atoms with Gasteiger partial charge in [-0.3, -0.25) is 9.59 Å². The van der Waals surface area contributed by atoms with Gasteiger partial charge in [0.05, 0.1) is 0 Å². The monoisotopic (exact) mass is 361 g/mol. The van der Waals surface area contributed by atoms with Gasteiger partial charge >= 0.3 is 6.09 Å². The Hall–Kier alpha value is -1.44. The highest BCUT2D eigenvalue weighted by molar-refractivity contribution is 7.98. The molecule has 2 atom stereocenters. The van der Waals surface area contributed by atoms with Gasteiger partial charge in [-0.1, -0.05) is 13.8 Å². The molecule has 0 bridgehead atoms. The highest BCUT2D eigenvalue weighted by Crippen LogP contribution is 2.10. The molecule has 0 rings (SSSR count). The van der Waals surface area contributed by atoms with Crippen LogP contribution in [-0.2, 0) is 14.3 Å². The largest absolute Gasteiger partial charge is 0.444 e. The Balaban J connectivity index is 4.92. The van der Waals surface area contributed by atoms with Crippen molar-refractivity contribution in [3.8, 4) is 0 Å². The van der Waals surface area contributed by atoms with Crippen molar-refractivity contribution in [1.82, 2.24) is 10.6 Å². The van der Waals surface area contributed by atoms with E-state index in [0.29, 0.717) is 18.6 Å². The molecular weight excluding hydrogens is 330 g/mol. The first kappa shape index (κ1) is 22.6. The van der Waals surface area contributed by atoms with Gasteiger partial charge in [-0.05, 0) is 51.5 Å².